The van der Waals surface area contributed by atoms with Crippen molar-refractivity contribution in [1.29, 1.82) is 0 Å². The van der Waals surface area contributed by atoms with Crippen molar-refractivity contribution in [2.45, 2.75) is 25.3 Å². The first kappa shape index (κ1) is 13.9. The average molecular weight is 284 g/mol. The van der Waals surface area contributed by atoms with Crippen molar-refractivity contribution in [3.05, 3.63) is 42.0 Å². The molecule has 1 heterocycles. The maximum absolute atomic E-state index is 12.3. The maximum atomic E-state index is 12.3. The number of benzene rings is 2. The Morgan fingerprint density at radius 2 is 2.14 bits per heavy atom. The third kappa shape index (κ3) is 2.72. The number of amides is 1. The fourth-order valence-electron chi connectivity index (χ4n) is 2.92. The van der Waals surface area contributed by atoms with Crippen LogP contribution in [0.3, 0.4) is 0 Å². The van der Waals surface area contributed by atoms with Crippen LogP contribution in [0.1, 0.15) is 30.1 Å². The minimum absolute atomic E-state index is 0.0396. The SMILES string of the molecule is CC1(CNC(=O)c2ccc3ccccc3c2O)CCCN1. The van der Waals surface area contributed by atoms with Gasteiger partial charge >= 0.3 is 0 Å². The van der Waals surface area contributed by atoms with Crippen LogP contribution in [0, 0.1) is 0 Å². The van der Waals surface area contributed by atoms with Gasteiger partial charge in [0.05, 0.1) is 5.56 Å². The lowest BCUT2D eigenvalue weighted by atomic mass is 10.00. The number of hydrogen-bond acceptors (Lipinski definition) is 3. The highest BCUT2D eigenvalue weighted by molar-refractivity contribution is 6.03. The predicted molar refractivity (Wildman–Crippen MR) is 83.6 cm³/mol. The van der Waals surface area contributed by atoms with Crippen LogP contribution in [0.2, 0.25) is 0 Å². The largest absolute Gasteiger partial charge is 0.506 e. The van der Waals surface area contributed by atoms with Gasteiger partial charge in [-0.25, -0.2) is 0 Å². The molecule has 1 atom stereocenters. The van der Waals surface area contributed by atoms with E-state index in [1.54, 1.807) is 6.07 Å². The molecule has 0 bridgehead atoms. The Hall–Kier alpha value is -2.07. The summed E-state index contributed by atoms with van der Waals surface area (Å²) in [4.78, 5) is 12.3. The Morgan fingerprint density at radius 3 is 2.90 bits per heavy atom. The highest BCUT2D eigenvalue weighted by Gasteiger charge is 2.28. The molecule has 3 rings (SSSR count). The summed E-state index contributed by atoms with van der Waals surface area (Å²) in [5.41, 5.74) is 0.289. The van der Waals surface area contributed by atoms with Crippen molar-refractivity contribution in [2.75, 3.05) is 13.1 Å². The van der Waals surface area contributed by atoms with Gasteiger partial charge in [0.1, 0.15) is 5.75 Å². The lowest BCUT2D eigenvalue weighted by molar-refractivity contribution is 0.0940. The van der Waals surface area contributed by atoms with Crippen LogP contribution in [0.15, 0.2) is 36.4 Å². The molecule has 2 aromatic carbocycles. The first-order chi connectivity index (χ1) is 10.1. The van der Waals surface area contributed by atoms with E-state index in [1.807, 2.05) is 30.3 Å². The molecule has 2 aromatic rings. The molecule has 1 unspecified atom stereocenters. The van der Waals surface area contributed by atoms with Crippen LogP contribution in [0.25, 0.3) is 10.8 Å². The Balaban J connectivity index is 1.80. The molecule has 0 spiro atoms. The van der Waals surface area contributed by atoms with E-state index in [-0.39, 0.29) is 17.2 Å². The lowest BCUT2D eigenvalue weighted by Crippen LogP contribution is -2.47. The molecule has 1 aliphatic rings. The van der Waals surface area contributed by atoms with Gasteiger partial charge in [0.2, 0.25) is 0 Å². The number of nitrogens with one attached hydrogen (secondary N) is 2. The van der Waals surface area contributed by atoms with Gasteiger partial charge < -0.3 is 15.7 Å². The van der Waals surface area contributed by atoms with E-state index < -0.39 is 0 Å². The fourth-order valence-corrected chi connectivity index (χ4v) is 2.92. The van der Waals surface area contributed by atoms with E-state index >= 15 is 0 Å². The summed E-state index contributed by atoms with van der Waals surface area (Å²) in [7, 11) is 0. The molecule has 1 saturated heterocycles. The van der Waals surface area contributed by atoms with Crippen LogP contribution < -0.4 is 10.6 Å². The van der Waals surface area contributed by atoms with Crippen molar-refractivity contribution in [3.63, 3.8) is 0 Å². The van der Waals surface area contributed by atoms with Crippen molar-refractivity contribution in [2.24, 2.45) is 0 Å². The molecule has 3 N–H and O–H groups in total. The van der Waals surface area contributed by atoms with Crippen molar-refractivity contribution < 1.29 is 9.90 Å². The van der Waals surface area contributed by atoms with Crippen LogP contribution in [0.5, 0.6) is 5.75 Å². The zero-order chi connectivity index (χ0) is 14.9. The smallest absolute Gasteiger partial charge is 0.255 e. The number of carbonyl (C=O) groups is 1. The maximum Gasteiger partial charge on any atom is 0.255 e. The quantitative estimate of drug-likeness (QED) is 0.811. The topological polar surface area (TPSA) is 61.4 Å². The van der Waals surface area contributed by atoms with Crippen molar-refractivity contribution in [1.82, 2.24) is 10.6 Å². The average Bonchev–Trinajstić information content (AvgIpc) is 2.93. The third-order valence-corrected chi connectivity index (χ3v) is 4.24. The summed E-state index contributed by atoms with van der Waals surface area (Å²) >= 11 is 0. The highest BCUT2D eigenvalue weighted by atomic mass is 16.3. The summed E-state index contributed by atoms with van der Waals surface area (Å²) in [5.74, 6) is -0.177. The predicted octanol–water partition coefficient (Wildman–Crippen LogP) is 2.42. The molecule has 21 heavy (non-hydrogen) atoms. The first-order valence-corrected chi connectivity index (χ1v) is 7.33. The molecule has 0 aliphatic carbocycles. The van der Waals surface area contributed by atoms with Gasteiger partial charge in [-0.05, 0) is 37.8 Å². The Kier molecular flexibility index (Phi) is 3.55. The molecular formula is C17H20N2O2. The number of phenolic OH excluding ortho intramolecular Hbond substituents is 1. The van der Waals surface area contributed by atoms with Crippen LogP contribution in [-0.4, -0.2) is 29.6 Å². The van der Waals surface area contributed by atoms with E-state index in [4.69, 9.17) is 0 Å². The lowest BCUT2D eigenvalue weighted by Gasteiger charge is -2.24. The molecule has 4 heteroatoms. The molecule has 110 valence electrons. The van der Waals surface area contributed by atoms with E-state index in [9.17, 15) is 9.90 Å². The van der Waals surface area contributed by atoms with Crippen molar-refractivity contribution in [3.8, 4) is 5.75 Å². The zero-order valence-corrected chi connectivity index (χ0v) is 12.1. The Labute approximate surface area is 124 Å². The fraction of sp³-hybridized carbons (Fsp3) is 0.353. The van der Waals surface area contributed by atoms with Gasteiger partial charge in [-0.15, -0.1) is 0 Å². The van der Waals surface area contributed by atoms with Gasteiger partial charge in [0.25, 0.3) is 5.91 Å². The van der Waals surface area contributed by atoms with E-state index in [2.05, 4.69) is 17.6 Å². The molecule has 1 amide bonds. The molecular weight excluding hydrogens is 264 g/mol. The Morgan fingerprint density at radius 1 is 1.33 bits per heavy atom. The minimum atomic E-state index is -0.229. The molecule has 1 fully saturated rings. The summed E-state index contributed by atoms with van der Waals surface area (Å²) in [6.45, 7) is 3.67. The number of rotatable bonds is 3. The molecule has 1 aliphatic heterocycles. The minimum Gasteiger partial charge on any atom is -0.506 e. The van der Waals surface area contributed by atoms with Gasteiger partial charge in [0, 0.05) is 17.5 Å². The summed E-state index contributed by atoms with van der Waals surface area (Å²) in [6.07, 6.45) is 2.19. The molecule has 0 radical (unpaired) electrons. The second kappa shape index (κ2) is 5.37. The van der Waals surface area contributed by atoms with E-state index in [0.29, 0.717) is 17.5 Å². The molecule has 0 saturated carbocycles. The summed E-state index contributed by atoms with van der Waals surface area (Å²) < 4.78 is 0. The summed E-state index contributed by atoms with van der Waals surface area (Å²) in [6, 6.07) is 11.0. The summed E-state index contributed by atoms with van der Waals surface area (Å²) in [5, 5.41) is 18.3. The standard InChI is InChI=1S/C17H20N2O2/c1-17(9-4-10-19-17)11-18-16(21)14-8-7-12-5-2-3-6-13(12)15(14)20/h2-3,5-8,19-20H,4,9-11H2,1H3,(H,18,21). The number of hydrogen-bond donors (Lipinski definition) is 3. The van der Waals surface area contributed by atoms with Gasteiger partial charge in [-0.3, -0.25) is 4.79 Å². The molecule has 0 aromatic heterocycles. The number of fused-ring (bicyclic) bond motifs is 1. The Bertz CT molecular complexity index is 676. The van der Waals surface area contributed by atoms with E-state index in [0.717, 1.165) is 24.8 Å². The van der Waals surface area contributed by atoms with Gasteiger partial charge in [0.15, 0.2) is 0 Å². The number of carbonyl (C=O) groups excluding carboxylic acids is 1. The highest BCUT2D eigenvalue weighted by Crippen LogP contribution is 2.28. The number of phenols is 1. The molecule has 4 nitrogen and oxygen atoms in total. The monoisotopic (exact) mass is 284 g/mol. The van der Waals surface area contributed by atoms with E-state index in [1.165, 1.54) is 0 Å². The third-order valence-electron chi connectivity index (χ3n) is 4.24. The second-order valence-electron chi connectivity index (χ2n) is 5.96. The van der Waals surface area contributed by atoms with Gasteiger partial charge in [-0.2, -0.15) is 0 Å². The number of aromatic hydroxyl groups is 1. The van der Waals surface area contributed by atoms with Crippen LogP contribution in [0.4, 0.5) is 0 Å². The zero-order valence-electron chi connectivity index (χ0n) is 12.1. The van der Waals surface area contributed by atoms with Crippen LogP contribution in [-0.2, 0) is 0 Å². The van der Waals surface area contributed by atoms with Crippen LogP contribution >= 0.6 is 0 Å². The van der Waals surface area contributed by atoms with Crippen molar-refractivity contribution >= 4 is 16.7 Å². The first-order valence-electron chi connectivity index (χ1n) is 7.33. The van der Waals surface area contributed by atoms with Gasteiger partial charge in [-0.1, -0.05) is 30.3 Å². The second-order valence-corrected chi connectivity index (χ2v) is 5.96. The normalized spacial score (nSPS) is 21.6.